The van der Waals surface area contributed by atoms with Gasteiger partial charge in [-0.25, -0.2) is 0 Å². The van der Waals surface area contributed by atoms with E-state index >= 15 is 0 Å². The van der Waals surface area contributed by atoms with Gasteiger partial charge < -0.3 is 18.6 Å². The van der Waals surface area contributed by atoms with Crippen LogP contribution in [-0.4, -0.2) is 23.6 Å². The van der Waals surface area contributed by atoms with Crippen molar-refractivity contribution < 1.29 is 28.2 Å². The lowest BCUT2D eigenvalue weighted by Crippen LogP contribution is -2.51. The van der Waals surface area contributed by atoms with Gasteiger partial charge in [0.2, 0.25) is 0 Å². The molecule has 6 nitrogen and oxygen atoms in total. The van der Waals surface area contributed by atoms with E-state index in [1.807, 2.05) is 30.3 Å². The van der Waals surface area contributed by atoms with E-state index in [0.29, 0.717) is 16.9 Å². The number of carbonyl (C=O) groups is 2. The molecule has 6 heteroatoms. The lowest BCUT2D eigenvalue weighted by Gasteiger charge is -2.43. The van der Waals surface area contributed by atoms with Crippen molar-refractivity contribution in [3.63, 3.8) is 0 Å². The van der Waals surface area contributed by atoms with Crippen molar-refractivity contribution in [1.82, 2.24) is 0 Å². The summed E-state index contributed by atoms with van der Waals surface area (Å²) in [4.78, 5) is 23.6. The largest absolute Gasteiger partial charge is 0.483 e. The maximum atomic E-state index is 11.9. The second kappa shape index (κ2) is 6.01. The Balaban J connectivity index is 2.03. The molecule has 2 heterocycles. The minimum atomic E-state index is -0.883. The maximum absolute atomic E-state index is 11.9. The second-order valence-electron chi connectivity index (χ2n) is 7.21. The van der Waals surface area contributed by atoms with E-state index in [0.717, 1.165) is 16.4 Å². The molecular formula is C21H20O6. The van der Waals surface area contributed by atoms with Gasteiger partial charge in [0.05, 0.1) is 5.56 Å². The van der Waals surface area contributed by atoms with Crippen LogP contribution in [-0.2, 0) is 19.1 Å². The fourth-order valence-electron chi connectivity index (χ4n) is 3.73. The van der Waals surface area contributed by atoms with Crippen LogP contribution in [0.3, 0.4) is 0 Å². The molecule has 0 bridgehead atoms. The Bertz CT molecular complexity index is 1060. The molecule has 0 saturated heterocycles. The third-order valence-electron chi connectivity index (χ3n) is 4.75. The molecule has 140 valence electrons. The molecule has 1 aliphatic heterocycles. The standard InChI is InChI=1S/C21H20O6/c1-11(22)24-19-18-16(27-21(3,4)20(19)25-12(2)23)10-9-15-17(18)13-7-5-6-8-14(13)26-15/h5-10,19-20H,1-4H3/t19-,20+/m1/s1. The van der Waals surface area contributed by atoms with Gasteiger partial charge in [0.15, 0.2) is 12.2 Å². The van der Waals surface area contributed by atoms with Crippen LogP contribution in [0.15, 0.2) is 40.8 Å². The molecule has 0 fully saturated rings. The van der Waals surface area contributed by atoms with Crippen molar-refractivity contribution in [3.8, 4) is 5.75 Å². The molecule has 0 aliphatic carbocycles. The molecule has 0 N–H and O–H groups in total. The summed E-state index contributed by atoms with van der Waals surface area (Å²) >= 11 is 0. The van der Waals surface area contributed by atoms with E-state index in [2.05, 4.69) is 0 Å². The Kier molecular flexibility index (Phi) is 3.87. The third-order valence-corrected chi connectivity index (χ3v) is 4.75. The van der Waals surface area contributed by atoms with Gasteiger partial charge in [0.1, 0.15) is 22.5 Å². The first-order valence-electron chi connectivity index (χ1n) is 8.75. The monoisotopic (exact) mass is 368 g/mol. The van der Waals surface area contributed by atoms with Gasteiger partial charge >= 0.3 is 11.9 Å². The first-order chi connectivity index (χ1) is 12.8. The smallest absolute Gasteiger partial charge is 0.303 e. The lowest BCUT2D eigenvalue weighted by atomic mass is 9.86. The minimum absolute atomic E-state index is 0.467. The molecule has 1 aromatic heterocycles. The highest BCUT2D eigenvalue weighted by atomic mass is 16.6. The van der Waals surface area contributed by atoms with Crippen molar-refractivity contribution >= 4 is 33.9 Å². The van der Waals surface area contributed by atoms with E-state index in [-0.39, 0.29) is 0 Å². The molecule has 0 amide bonds. The van der Waals surface area contributed by atoms with E-state index < -0.39 is 29.7 Å². The minimum Gasteiger partial charge on any atom is -0.483 e. The van der Waals surface area contributed by atoms with Gasteiger partial charge in [-0.15, -0.1) is 0 Å². The lowest BCUT2D eigenvalue weighted by molar-refractivity contribution is -0.187. The first kappa shape index (κ1) is 17.4. The highest BCUT2D eigenvalue weighted by molar-refractivity contribution is 6.08. The second-order valence-corrected chi connectivity index (χ2v) is 7.21. The van der Waals surface area contributed by atoms with Crippen molar-refractivity contribution in [2.24, 2.45) is 0 Å². The van der Waals surface area contributed by atoms with Crippen LogP contribution in [0.1, 0.15) is 39.4 Å². The van der Waals surface area contributed by atoms with Crippen LogP contribution in [0.4, 0.5) is 0 Å². The number of rotatable bonds is 2. The van der Waals surface area contributed by atoms with Gasteiger partial charge in [-0.05, 0) is 32.0 Å². The summed E-state index contributed by atoms with van der Waals surface area (Å²) < 4.78 is 23.3. The number of hydrogen-bond acceptors (Lipinski definition) is 6. The molecule has 0 unspecified atom stereocenters. The number of fused-ring (bicyclic) bond motifs is 5. The molecule has 2 aromatic carbocycles. The van der Waals surface area contributed by atoms with E-state index in [1.165, 1.54) is 13.8 Å². The Morgan fingerprint density at radius 2 is 1.67 bits per heavy atom. The molecular weight excluding hydrogens is 348 g/mol. The van der Waals surface area contributed by atoms with Crippen LogP contribution < -0.4 is 4.74 Å². The first-order valence-corrected chi connectivity index (χ1v) is 8.75. The number of esters is 2. The fraction of sp³-hybridized carbons (Fsp3) is 0.333. The number of furan rings is 1. The normalized spacial score (nSPS) is 20.7. The number of hydrogen-bond donors (Lipinski definition) is 0. The van der Waals surface area contributed by atoms with Crippen molar-refractivity contribution in [3.05, 3.63) is 42.0 Å². The van der Waals surface area contributed by atoms with Crippen molar-refractivity contribution in [2.75, 3.05) is 0 Å². The third kappa shape index (κ3) is 2.81. The summed E-state index contributed by atoms with van der Waals surface area (Å²) in [7, 11) is 0. The Hall–Kier alpha value is -3.02. The topological polar surface area (TPSA) is 75.0 Å². The zero-order valence-electron chi connectivity index (χ0n) is 15.6. The van der Waals surface area contributed by atoms with Crippen molar-refractivity contribution in [1.29, 1.82) is 0 Å². The summed E-state index contributed by atoms with van der Waals surface area (Å²) in [5.74, 6) is -0.360. The zero-order chi connectivity index (χ0) is 19.3. The average Bonchev–Trinajstić information content (AvgIpc) is 2.95. The number of carbonyl (C=O) groups excluding carboxylic acids is 2. The van der Waals surface area contributed by atoms with Crippen LogP contribution in [0.5, 0.6) is 5.75 Å². The molecule has 3 aromatic rings. The number of benzene rings is 2. The van der Waals surface area contributed by atoms with Crippen LogP contribution in [0, 0.1) is 0 Å². The molecule has 2 atom stereocenters. The Morgan fingerprint density at radius 1 is 0.963 bits per heavy atom. The highest BCUT2D eigenvalue weighted by Crippen LogP contribution is 2.48. The Labute approximate surface area is 156 Å². The van der Waals surface area contributed by atoms with Gasteiger partial charge in [0, 0.05) is 24.6 Å². The molecule has 0 saturated carbocycles. The van der Waals surface area contributed by atoms with Gasteiger partial charge in [-0.2, -0.15) is 0 Å². The average molecular weight is 368 g/mol. The Morgan fingerprint density at radius 3 is 2.37 bits per heavy atom. The summed E-state index contributed by atoms with van der Waals surface area (Å²) in [5.41, 5.74) is 1.14. The molecule has 0 spiro atoms. The van der Waals surface area contributed by atoms with Crippen LogP contribution in [0.25, 0.3) is 21.9 Å². The highest BCUT2D eigenvalue weighted by Gasteiger charge is 2.49. The van der Waals surface area contributed by atoms with Crippen LogP contribution >= 0.6 is 0 Å². The summed E-state index contributed by atoms with van der Waals surface area (Å²) in [6.07, 6.45) is -1.61. The van der Waals surface area contributed by atoms with E-state index in [1.54, 1.807) is 19.9 Å². The molecule has 27 heavy (non-hydrogen) atoms. The molecule has 1 aliphatic rings. The van der Waals surface area contributed by atoms with E-state index in [9.17, 15) is 9.59 Å². The zero-order valence-corrected chi connectivity index (χ0v) is 15.6. The predicted molar refractivity (Wildman–Crippen MR) is 98.5 cm³/mol. The van der Waals surface area contributed by atoms with E-state index in [4.69, 9.17) is 18.6 Å². The molecule has 0 radical (unpaired) electrons. The van der Waals surface area contributed by atoms with Gasteiger partial charge in [-0.1, -0.05) is 18.2 Å². The summed E-state index contributed by atoms with van der Waals surface area (Å²) in [6, 6.07) is 11.2. The maximum Gasteiger partial charge on any atom is 0.303 e. The quantitative estimate of drug-likeness (QED) is 0.628. The summed E-state index contributed by atoms with van der Waals surface area (Å²) in [6.45, 7) is 6.26. The SMILES string of the molecule is CC(=O)O[C@@H]1c2c(ccc3oc4ccccc4c23)OC(C)(C)[C@H]1OC(C)=O. The van der Waals surface area contributed by atoms with Crippen LogP contribution in [0.2, 0.25) is 0 Å². The van der Waals surface area contributed by atoms with Crippen molar-refractivity contribution in [2.45, 2.75) is 45.5 Å². The number of ether oxygens (including phenoxy) is 3. The fourth-order valence-corrected chi connectivity index (χ4v) is 3.73. The summed E-state index contributed by atoms with van der Waals surface area (Å²) in [5, 5.41) is 1.67. The predicted octanol–water partition coefficient (Wildman–Crippen LogP) is 4.29. The number of para-hydroxylation sites is 1. The van der Waals surface area contributed by atoms with Gasteiger partial charge in [-0.3, -0.25) is 9.59 Å². The van der Waals surface area contributed by atoms with Gasteiger partial charge in [0.25, 0.3) is 0 Å². The molecule has 4 rings (SSSR count).